The van der Waals surface area contributed by atoms with E-state index in [4.69, 9.17) is 27.9 Å². The quantitative estimate of drug-likeness (QED) is 0.750. The Kier molecular flexibility index (Phi) is 6.21. The highest BCUT2D eigenvalue weighted by molar-refractivity contribution is 6.34. The Hall–Kier alpha value is -0.440. The third-order valence-electron chi connectivity index (χ3n) is 4.82. The molecule has 2 rings (SSSR count). The second-order valence-corrected chi connectivity index (χ2v) is 6.95. The van der Waals surface area contributed by atoms with Crippen LogP contribution in [0, 0.1) is 5.41 Å². The van der Waals surface area contributed by atoms with Crippen molar-refractivity contribution in [1.29, 1.82) is 0 Å². The van der Waals surface area contributed by atoms with Crippen molar-refractivity contribution in [3.05, 3.63) is 27.7 Å². The van der Waals surface area contributed by atoms with Gasteiger partial charge in [-0.15, -0.1) is 0 Å². The molecule has 0 radical (unpaired) electrons. The van der Waals surface area contributed by atoms with Crippen LogP contribution >= 0.6 is 23.2 Å². The van der Waals surface area contributed by atoms with E-state index in [9.17, 15) is 0 Å². The molecule has 0 aliphatic heterocycles. The van der Waals surface area contributed by atoms with Crippen LogP contribution in [-0.4, -0.2) is 20.7 Å². The summed E-state index contributed by atoms with van der Waals surface area (Å²) in [5.41, 5.74) is 1.62. The molecule has 118 valence electrons. The van der Waals surface area contributed by atoms with Crippen LogP contribution < -0.4 is 10.1 Å². The highest BCUT2D eigenvalue weighted by atomic mass is 35.5. The summed E-state index contributed by atoms with van der Waals surface area (Å²) in [7, 11) is 3.64. The van der Waals surface area contributed by atoms with E-state index in [1.165, 1.54) is 38.5 Å². The lowest BCUT2D eigenvalue weighted by molar-refractivity contribution is 0.247. The number of aryl methyl sites for hydroxylation is 1. The molecule has 2 nitrogen and oxygen atoms in total. The minimum Gasteiger partial charge on any atom is -0.495 e. The molecule has 1 saturated carbocycles. The molecule has 1 N–H and O–H groups in total. The summed E-state index contributed by atoms with van der Waals surface area (Å²) in [5, 5.41) is 4.70. The number of rotatable bonds is 7. The summed E-state index contributed by atoms with van der Waals surface area (Å²) in [5.74, 6) is 0.649. The van der Waals surface area contributed by atoms with Crippen LogP contribution in [0.4, 0.5) is 0 Å². The summed E-state index contributed by atoms with van der Waals surface area (Å²) in [6.07, 6.45) is 8.85. The van der Waals surface area contributed by atoms with E-state index < -0.39 is 0 Å². The number of nitrogens with one attached hydrogen (secondary N) is 1. The predicted molar refractivity (Wildman–Crippen MR) is 90.8 cm³/mol. The molecule has 1 aliphatic carbocycles. The van der Waals surface area contributed by atoms with Crippen molar-refractivity contribution in [3.63, 3.8) is 0 Å². The van der Waals surface area contributed by atoms with Crippen LogP contribution in [0.15, 0.2) is 12.1 Å². The Morgan fingerprint density at radius 2 is 1.86 bits per heavy atom. The van der Waals surface area contributed by atoms with E-state index in [0.717, 1.165) is 23.6 Å². The van der Waals surface area contributed by atoms with E-state index in [1.54, 1.807) is 7.11 Å². The number of hydrogen-bond acceptors (Lipinski definition) is 2. The van der Waals surface area contributed by atoms with Gasteiger partial charge in [0.1, 0.15) is 5.75 Å². The van der Waals surface area contributed by atoms with Gasteiger partial charge < -0.3 is 10.1 Å². The van der Waals surface area contributed by atoms with Gasteiger partial charge in [0.2, 0.25) is 0 Å². The van der Waals surface area contributed by atoms with Crippen molar-refractivity contribution >= 4 is 23.2 Å². The first kappa shape index (κ1) is 16.9. The van der Waals surface area contributed by atoms with Gasteiger partial charge in [0.15, 0.2) is 0 Å². The van der Waals surface area contributed by atoms with Gasteiger partial charge in [-0.2, -0.15) is 0 Å². The number of hydrogen-bond donors (Lipinski definition) is 1. The lowest BCUT2D eigenvalue weighted by Gasteiger charge is -2.29. The fourth-order valence-electron chi connectivity index (χ4n) is 3.46. The van der Waals surface area contributed by atoms with Crippen LogP contribution in [0.25, 0.3) is 0 Å². The summed E-state index contributed by atoms with van der Waals surface area (Å²) in [6, 6.07) is 3.79. The van der Waals surface area contributed by atoms with Gasteiger partial charge in [-0.05, 0) is 62.7 Å². The van der Waals surface area contributed by atoms with Crippen LogP contribution in [0.5, 0.6) is 5.75 Å². The molecule has 0 heterocycles. The maximum atomic E-state index is 6.36. The third kappa shape index (κ3) is 4.28. The predicted octanol–water partition coefficient (Wildman–Crippen LogP) is 5.10. The minimum absolute atomic E-state index is 0.485. The molecule has 0 unspecified atom stereocenters. The van der Waals surface area contributed by atoms with E-state index >= 15 is 0 Å². The monoisotopic (exact) mass is 329 g/mol. The maximum Gasteiger partial charge on any atom is 0.138 e. The number of methoxy groups -OCH3 is 1. The minimum atomic E-state index is 0.485. The molecule has 0 bridgehead atoms. The van der Waals surface area contributed by atoms with Crippen LogP contribution in [-0.2, 0) is 6.42 Å². The molecule has 0 aromatic heterocycles. The Bertz CT molecular complexity index is 470. The van der Waals surface area contributed by atoms with Crippen LogP contribution in [0.2, 0.25) is 10.0 Å². The Morgan fingerprint density at radius 3 is 2.48 bits per heavy atom. The molecule has 0 atom stereocenters. The van der Waals surface area contributed by atoms with Crippen molar-refractivity contribution in [2.24, 2.45) is 5.41 Å². The summed E-state index contributed by atoms with van der Waals surface area (Å²) in [6.45, 7) is 1.09. The van der Waals surface area contributed by atoms with E-state index in [1.807, 2.05) is 19.2 Å². The van der Waals surface area contributed by atoms with E-state index in [0.29, 0.717) is 16.2 Å². The van der Waals surface area contributed by atoms with Gasteiger partial charge in [0.25, 0.3) is 0 Å². The molecule has 1 aromatic carbocycles. The second-order valence-electron chi connectivity index (χ2n) is 6.14. The molecule has 0 spiro atoms. The SMILES string of the molecule is CNCCC1(CCc2cc(Cl)c(OC)cc2Cl)CCCC1. The second kappa shape index (κ2) is 7.71. The van der Waals surface area contributed by atoms with Gasteiger partial charge >= 0.3 is 0 Å². The van der Waals surface area contributed by atoms with Crippen LogP contribution in [0.3, 0.4) is 0 Å². The van der Waals surface area contributed by atoms with Gasteiger partial charge in [0, 0.05) is 11.1 Å². The number of ether oxygens (including phenoxy) is 1. The molecular weight excluding hydrogens is 305 g/mol. The molecule has 0 saturated heterocycles. The smallest absolute Gasteiger partial charge is 0.138 e. The Balaban J connectivity index is 2.05. The first-order valence-corrected chi connectivity index (χ1v) is 8.52. The van der Waals surface area contributed by atoms with Gasteiger partial charge in [-0.3, -0.25) is 0 Å². The summed E-state index contributed by atoms with van der Waals surface area (Å²) in [4.78, 5) is 0. The lowest BCUT2D eigenvalue weighted by Crippen LogP contribution is -2.23. The fourth-order valence-corrected chi connectivity index (χ4v) is 3.97. The number of benzene rings is 1. The fraction of sp³-hybridized carbons (Fsp3) is 0.647. The topological polar surface area (TPSA) is 21.3 Å². The van der Waals surface area contributed by atoms with Crippen molar-refractivity contribution < 1.29 is 4.74 Å². The molecule has 1 aromatic rings. The van der Waals surface area contributed by atoms with Crippen molar-refractivity contribution in [2.75, 3.05) is 20.7 Å². The van der Waals surface area contributed by atoms with E-state index in [2.05, 4.69) is 5.32 Å². The van der Waals surface area contributed by atoms with E-state index in [-0.39, 0.29) is 0 Å². The Labute approximate surface area is 138 Å². The van der Waals surface area contributed by atoms with Gasteiger partial charge in [-0.25, -0.2) is 0 Å². The van der Waals surface area contributed by atoms with Gasteiger partial charge in [0.05, 0.1) is 12.1 Å². The highest BCUT2D eigenvalue weighted by Crippen LogP contribution is 2.45. The van der Waals surface area contributed by atoms with Crippen molar-refractivity contribution in [1.82, 2.24) is 5.32 Å². The van der Waals surface area contributed by atoms with Crippen molar-refractivity contribution in [2.45, 2.75) is 44.9 Å². The largest absolute Gasteiger partial charge is 0.495 e. The molecule has 0 amide bonds. The average molecular weight is 330 g/mol. The van der Waals surface area contributed by atoms with Crippen LogP contribution in [0.1, 0.15) is 44.1 Å². The molecule has 1 fully saturated rings. The van der Waals surface area contributed by atoms with Crippen molar-refractivity contribution in [3.8, 4) is 5.75 Å². The van der Waals surface area contributed by atoms with Gasteiger partial charge in [-0.1, -0.05) is 36.0 Å². The highest BCUT2D eigenvalue weighted by Gasteiger charge is 2.32. The normalized spacial score (nSPS) is 17.1. The molecule has 1 aliphatic rings. The standard InChI is InChI=1S/C17H25Cl2NO/c1-20-10-9-17(6-3-4-7-17)8-5-13-11-15(19)16(21-2)12-14(13)18/h11-12,20H,3-10H2,1-2H3. The summed E-state index contributed by atoms with van der Waals surface area (Å²) < 4.78 is 5.21. The maximum absolute atomic E-state index is 6.36. The average Bonchev–Trinajstić information content (AvgIpc) is 2.95. The third-order valence-corrected chi connectivity index (χ3v) is 5.46. The zero-order chi connectivity index (χ0) is 15.3. The zero-order valence-electron chi connectivity index (χ0n) is 13.0. The molecule has 21 heavy (non-hydrogen) atoms. The lowest BCUT2D eigenvalue weighted by atomic mass is 9.77. The first-order valence-electron chi connectivity index (χ1n) is 7.77. The first-order chi connectivity index (χ1) is 10.1. The zero-order valence-corrected chi connectivity index (χ0v) is 14.5. The molecular formula is C17H25Cl2NO. The molecule has 4 heteroatoms. The summed E-state index contributed by atoms with van der Waals surface area (Å²) >= 11 is 12.6. The Morgan fingerprint density at radius 1 is 1.14 bits per heavy atom. The number of halogens is 2.